The molecule has 0 unspecified atom stereocenters. The van der Waals surface area contributed by atoms with Crippen LogP contribution >= 0.6 is 47.8 Å². The maximum Gasteiger partial charge on any atom is 0.282 e. The molecule has 1 aromatic heterocycles. The number of hydrogen-bond acceptors (Lipinski definition) is 4. The first-order valence-corrected chi connectivity index (χ1v) is 12.3. The number of ether oxygens (including phenoxy) is 1. The summed E-state index contributed by atoms with van der Waals surface area (Å²) in [6.45, 7) is 10.1. The molecule has 3 aromatic rings. The van der Waals surface area contributed by atoms with Gasteiger partial charge < -0.3 is 4.74 Å². The van der Waals surface area contributed by atoms with Crippen molar-refractivity contribution in [3.05, 3.63) is 65.5 Å². The number of hydrogen-bond donors (Lipinski definition) is 0. The summed E-state index contributed by atoms with van der Waals surface area (Å²) >= 11 is 10.6. The molecular weight excluding hydrogens is 590 g/mol. The first-order chi connectivity index (χ1) is 14.5. The molecule has 0 N–H and O–H groups in total. The summed E-state index contributed by atoms with van der Waals surface area (Å²) in [6, 6.07) is 9.33. The van der Waals surface area contributed by atoms with Gasteiger partial charge in [-0.15, -0.1) is 0 Å². The van der Waals surface area contributed by atoms with Gasteiger partial charge in [0.15, 0.2) is 0 Å². The van der Waals surface area contributed by atoms with E-state index in [1.807, 2.05) is 52.0 Å². The van der Waals surface area contributed by atoms with Crippen molar-refractivity contribution in [2.24, 2.45) is 5.10 Å². The molecule has 0 radical (unpaired) electrons. The number of rotatable bonds is 5. The molecular formula is C23H24Br3N3O2. The summed E-state index contributed by atoms with van der Waals surface area (Å²) < 4.78 is 9.81. The summed E-state index contributed by atoms with van der Waals surface area (Å²) in [7, 11) is 0. The van der Waals surface area contributed by atoms with Crippen molar-refractivity contribution < 1.29 is 4.74 Å². The standard InChI is InChI=1S/C23H24Br3N3O2/c1-6-13(2)31-20-17(25)9-14(10-18(20)26)12-27-29-21(30)16-11-15(24)7-8-19(16)28-22(29)23(3,4)5/h7-13H,6H2,1-5H3/t13-/m1/s1. The van der Waals surface area contributed by atoms with E-state index >= 15 is 0 Å². The Morgan fingerprint density at radius 2 is 1.81 bits per heavy atom. The van der Waals surface area contributed by atoms with Gasteiger partial charge in [0, 0.05) is 9.89 Å². The van der Waals surface area contributed by atoms with Crippen LogP contribution in [0.5, 0.6) is 5.75 Å². The van der Waals surface area contributed by atoms with E-state index in [0.717, 1.165) is 31.2 Å². The highest BCUT2D eigenvalue weighted by Crippen LogP contribution is 2.35. The topological polar surface area (TPSA) is 56.5 Å². The summed E-state index contributed by atoms with van der Waals surface area (Å²) in [6.07, 6.45) is 2.67. The van der Waals surface area contributed by atoms with E-state index in [1.165, 1.54) is 4.68 Å². The Hall–Kier alpha value is -1.51. The van der Waals surface area contributed by atoms with Gasteiger partial charge in [-0.25, -0.2) is 4.98 Å². The second kappa shape index (κ2) is 9.55. The molecule has 0 saturated carbocycles. The van der Waals surface area contributed by atoms with Crippen molar-refractivity contribution in [2.75, 3.05) is 0 Å². The molecule has 1 heterocycles. The number of halogens is 3. The van der Waals surface area contributed by atoms with E-state index in [4.69, 9.17) is 9.72 Å². The SMILES string of the molecule is CC[C@@H](C)Oc1c(Br)cc(C=Nn2c(C(C)(C)C)nc3ccc(Br)cc3c2=O)cc1Br. The van der Waals surface area contributed by atoms with Crippen LogP contribution in [0.2, 0.25) is 0 Å². The second-order valence-corrected chi connectivity index (χ2v) is 11.0. The largest absolute Gasteiger partial charge is 0.488 e. The molecule has 164 valence electrons. The van der Waals surface area contributed by atoms with Crippen LogP contribution in [0.1, 0.15) is 52.4 Å². The maximum absolute atomic E-state index is 13.3. The van der Waals surface area contributed by atoms with Gasteiger partial charge >= 0.3 is 0 Å². The van der Waals surface area contributed by atoms with Crippen molar-refractivity contribution in [2.45, 2.75) is 52.6 Å². The lowest BCUT2D eigenvalue weighted by Gasteiger charge is -2.21. The summed E-state index contributed by atoms with van der Waals surface area (Å²) in [5, 5.41) is 5.04. The predicted molar refractivity (Wildman–Crippen MR) is 138 cm³/mol. The third-order valence-corrected chi connectivity index (χ3v) is 6.39. The molecule has 0 saturated heterocycles. The molecule has 0 fully saturated rings. The van der Waals surface area contributed by atoms with Crippen LogP contribution in [0, 0.1) is 0 Å². The van der Waals surface area contributed by atoms with Crippen LogP contribution in [0.4, 0.5) is 0 Å². The molecule has 0 aliphatic carbocycles. The molecule has 31 heavy (non-hydrogen) atoms. The highest BCUT2D eigenvalue weighted by Gasteiger charge is 2.23. The van der Waals surface area contributed by atoms with Gasteiger partial charge in [0.1, 0.15) is 11.6 Å². The zero-order valence-electron chi connectivity index (χ0n) is 18.0. The zero-order valence-corrected chi connectivity index (χ0v) is 22.8. The molecule has 0 amide bonds. The van der Waals surface area contributed by atoms with E-state index in [0.29, 0.717) is 16.7 Å². The summed E-state index contributed by atoms with van der Waals surface area (Å²) in [4.78, 5) is 18.0. The highest BCUT2D eigenvalue weighted by atomic mass is 79.9. The number of benzene rings is 2. The average molecular weight is 614 g/mol. The van der Waals surface area contributed by atoms with E-state index in [-0.39, 0.29) is 17.1 Å². The monoisotopic (exact) mass is 611 g/mol. The Kier molecular flexibility index (Phi) is 7.43. The Bertz CT molecular complexity index is 1190. The van der Waals surface area contributed by atoms with Gasteiger partial charge in [0.2, 0.25) is 0 Å². The van der Waals surface area contributed by atoms with E-state index < -0.39 is 0 Å². The number of fused-ring (bicyclic) bond motifs is 1. The average Bonchev–Trinajstić information content (AvgIpc) is 2.69. The lowest BCUT2D eigenvalue weighted by molar-refractivity contribution is 0.214. The van der Waals surface area contributed by atoms with Crippen LogP contribution in [0.25, 0.3) is 10.9 Å². The van der Waals surface area contributed by atoms with Crippen molar-refractivity contribution in [3.63, 3.8) is 0 Å². The molecule has 5 nitrogen and oxygen atoms in total. The molecule has 0 aliphatic rings. The second-order valence-electron chi connectivity index (χ2n) is 8.36. The fourth-order valence-electron chi connectivity index (χ4n) is 2.92. The number of aromatic nitrogens is 2. The van der Waals surface area contributed by atoms with E-state index in [1.54, 1.807) is 12.3 Å². The molecule has 0 bridgehead atoms. The zero-order chi connectivity index (χ0) is 22.9. The van der Waals surface area contributed by atoms with Gasteiger partial charge in [-0.05, 0) is 81.1 Å². The Labute approximate surface area is 207 Å². The Morgan fingerprint density at radius 3 is 2.39 bits per heavy atom. The fraction of sp³-hybridized carbons (Fsp3) is 0.348. The van der Waals surface area contributed by atoms with Crippen LogP contribution < -0.4 is 10.3 Å². The lowest BCUT2D eigenvalue weighted by Crippen LogP contribution is -2.29. The normalized spacial score (nSPS) is 13.2. The molecule has 2 aromatic carbocycles. The maximum atomic E-state index is 13.3. The van der Waals surface area contributed by atoms with Crippen molar-refractivity contribution >= 4 is 64.9 Å². The molecule has 3 rings (SSSR count). The van der Waals surface area contributed by atoms with Gasteiger partial charge in [-0.3, -0.25) is 4.79 Å². The van der Waals surface area contributed by atoms with Crippen LogP contribution in [0.15, 0.2) is 53.6 Å². The smallest absolute Gasteiger partial charge is 0.282 e. The Balaban J connectivity index is 2.10. The minimum absolute atomic E-state index is 0.100. The third-order valence-electron chi connectivity index (χ3n) is 4.72. The molecule has 0 aliphatic heterocycles. The summed E-state index contributed by atoms with van der Waals surface area (Å²) in [5.41, 5.74) is 0.896. The number of nitrogens with zero attached hydrogens (tertiary/aromatic N) is 3. The first-order valence-electron chi connectivity index (χ1n) is 9.94. The minimum Gasteiger partial charge on any atom is -0.488 e. The fourth-order valence-corrected chi connectivity index (χ4v) is 4.69. The van der Waals surface area contributed by atoms with Gasteiger partial charge in [-0.2, -0.15) is 9.78 Å². The third kappa shape index (κ3) is 5.46. The van der Waals surface area contributed by atoms with Crippen molar-refractivity contribution in [1.82, 2.24) is 9.66 Å². The first kappa shape index (κ1) is 24.1. The quantitative estimate of drug-likeness (QED) is 0.290. The van der Waals surface area contributed by atoms with E-state index in [9.17, 15) is 4.79 Å². The highest BCUT2D eigenvalue weighted by molar-refractivity contribution is 9.11. The lowest BCUT2D eigenvalue weighted by atomic mass is 9.95. The van der Waals surface area contributed by atoms with Gasteiger partial charge in [0.05, 0.1) is 32.2 Å². The minimum atomic E-state index is -0.368. The van der Waals surface area contributed by atoms with Crippen molar-refractivity contribution in [1.29, 1.82) is 0 Å². The summed E-state index contributed by atoms with van der Waals surface area (Å²) in [5.74, 6) is 1.34. The van der Waals surface area contributed by atoms with E-state index in [2.05, 4.69) is 59.8 Å². The van der Waals surface area contributed by atoms with Crippen molar-refractivity contribution in [3.8, 4) is 5.75 Å². The predicted octanol–water partition coefficient (Wildman–Crippen LogP) is 7.04. The van der Waals surface area contributed by atoms with Gasteiger partial charge in [-0.1, -0.05) is 43.6 Å². The Morgan fingerprint density at radius 1 is 1.16 bits per heavy atom. The molecule has 8 heteroatoms. The molecule has 1 atom stereocenters. The van der Waals surface area contributed by atoms with Crippen LogP contribution in [-0.2, 0) is 5.41 Å². The van der Waals surface area contributed by atoms with Crippen LogP contribution in [0.3, 0.4) is 0 Å². The van der Waals surface area contributed by atoms with Crippen LogP contribution in [-0.4, -0.2) is 22.0 Å². The molecule has 0 spiro atoms. The van der Waals surface area contributed by atoms with Gasteiger partial charge in [0.25, 0.3) is 5.56 Å².